The number of nitro groups is 1. The van der Waals surface area contributed by atoms with Crippen LogP contribution < -0.4 is 0 Å². The van der Waals surface area contributed by atoms with Crippen LogP contribution in [0, 0.1) is 10.1 Å². The molecular weight excluding hydrogens is 281 g/mol. The van der Waals surface area contributed by atoms with Gasteiger partial charge in [-0.25, -0.2) is 0 Å². The Balaban J connectivity index is 2.90. The molecule has 0 bridgehead atoms. The molecule has 5 nitrogen and oxygen atoms in total. The van der Waals surface area contributed by atoms with Crippen LogP contribution in [-0.2, 0) is 16.0 Å². The fraction of sp³-hybridized carbons (Fsp3) is 0.364. The van der Waals surface area contributed by atoms with E-state index in [1.165, 1.54) is 18.2 Å². The molecule has 0 amide bonds. The fourth-order valence-electron chi connectivity index (χ4n) is 1.39. The Kier molecular flexibility index (Phi) is 5.37. The first kappa shape index (κ1) is 14.7. The minimum Gasteiger partial charge on any atom is -0.465 e. The van der Waals surface area contributed by atoms with E-state index < -0.39 is 16.3 Å². The van der Waals surface area contributed by atoms with E-state index in [4.69, 9.17) is 27.9 Å². The van der Waals surface area contributed by atoms with Crippen molar-refractivity contribution in [1.82, 2.24) is 0 Å². The van der Waals surface area contributed by atoms with Crippen molar-refractivity contribution in [2.24, 2.45) is 0 Å². The van der Waals surface area contributed by atoms with E-state index in [1.54, 1.807) is 6.92 Å². The number of hydrogen-bond donors (Lipinski definition) is 0. The topological polar surface area (TPSA) is 69.4 Å². The highest BCUT2D eigenvalue weighted by molar-refractivity contribution is 6.31. The van der Waals surface area contributed by atoms with Gasteiger partial charge in [-0.2, -0.15) is 0 Å². The largest absolute Gasteiger partial charge is 0.465 e. The quantitative estimate of drug-likeness (QED) is 0.362. The van der Waals surface area contributed by atoms with Gasteiger partial charge in [0.05, 0.1) is 11.5 Å². The Morgan fingerprint density at radius 3 is 2.78 bits per heavy atom. The van der Waals surface area contributed by atoms with Crippen LogP contribution in [-0.4, -0.2) is 22.9 Å². The Hall–Kier alpha value is -1.33. The zero-order valence-corrected chi connectivity index (χ0v) is 11.1. The van der Waals surface area contributed by atoms with E-state index in [1.807, 2.05) is 0 Å². The number of nitrogens with zero attached hydrogens (tertiary/aromatic N) is 1. The molecule has 0 N–H and O–H groups in total. The summed E-state index contributed by atoms with van der Waals surface area (Å²) in [5.74, 6) is -0.594. The second kappa shape index (κ2) is 6.56. The number of rotatable bonds is 5. The van der Waals surface area contributed by atoms with Gasteiger partial charge in [0.2, 0.25) is 0 Å². The highest BCUT2D eigenvalue weighted by Crippen LogP contribution is 2.25. The lowest BCUT2D eigenvalue weighted by Gasteiger charge is -2.09. The van der Waals surface area contributed by atoms with Gasteiger partial charge in [0.1, 0.15) is 5.38 Å². The third-order valence-electron chi connectivity index (χ3n) is 2.19. The maximum absolute atomic E-state index is 11.3. The summed E-state index contributed by atoms with van der Waals surface area (Å²) in [6, 6.07) is 4.22. The van der Waals surface area contributed by atoms with Gasteiger partial charge >= 0.3 is 5.97 Å². The zero-order chi connectivity index (χ0) is 13.7. The Labute approximate surface area is 114 Å². The van der Waals surface area contributed by atoms with E-state index in [0.29, 0.717) is 5.56 Å². The number of carbonyl (C=O) groups is 1. The monoisotopic (exact) mass is 291 g/mol. The average molecular weight is 292 g/mol. The number of benzene rings is 1. The summed E-state index contributed by atoms with van der Waals surface area (Å²) in [5.41, 5.74) is 0.190. The Morgan fingerprint density at radius 1 is 1.56 bits per heavy atom. The molecule has 1 unspecified atom stereocenters. The number of hydrogen-bond acceptors (Lipinski definition) is 4. The van der Waals surface area contributed by atoms with Gasteiger partial charge in [-0.15, -0.1) is 11.6 Å². The molecule has 0 fully saturated rings. The van der Waals surface area contributed by atoms with Crippen molar-refractivity contribution in [2.75, 3.05) is 6.61 Å². The van der Waals surface area contributed by atoms with E-state index in [2.05, 4.69) is 0 Å². The molecule has 0 aliphatic carbocycles. The molecule has 1 atom stereocenters. The summed E-state index contributed by atoms with van der Waals surface area (Å²) in [4.78, 5) is 21.6. The van der Waals surface area contributed by atoms with Crippen molar-refractivity contribution in [3.8, 4) is 0 Å². The molecule has 1 rings (SSSR count). The molecule has 0 spiro atoms. The molecule has 98 valence electrons. The maximum Gasteiger partial charge on any atom is 0.324 e. The van der Waals surface area contributed by atoms with Gasteiger partial charge in [-0.05, 0) is 13.0 Å². The number of alkyl halides is 1. The van der Waals surface area contributed by atoms with Crippen LogP contribution in [0.3, 0.4) is 0 Å². The third kappa shape index (κ3) is 3.85. The number of halogens is 2. The highest BCUT2D eigenvalue weighted by Gasteiger charge is 2.22. The van der Waals surface area contributed by atoms with Crippen molar-refractivity contribution in [3.63, 3.8) is 0 Å². The van der Waals surface area contributed by atoms with Crippen LogP contribution in [0.25, 0.3) is 0 Å². The van der Waals surface area contributed by atoms with Crippen LogP contribution >= 0.6 is 23.2 Å². The van der Waals surface area contributed by atoms with Crippen molar-refractivity contribution in [3.05, 3.63) is 38.9 Å². The van der Waals surface area contributed by atoms with Gasteiger partial charge < -0.3 is 4.74 Å². The molecule has 0 saturated heterocycles. The normalized spacial score (nSPS) is 11.9. The second-order valence-electron chi connectivity index (χ2n) is 3.45. The average Bonchev–Trinajstić information content (AvgIpc) is 2.31. The summed E-state index contributed by atoms with van der Waals surface area (Å²) in [6.45, 7) is 1.87. The molecule has 0 saturated carbocycles. The van der Waals surface area contributed by atoms with Gasteiger partial charge in [0.15, 0.2) is 0 Å². The molecule has 0 aromatic heterocycles. The van der Waals surface area contributed by atoms with Crippen LogP contribution in [0.1, 0.15) is 12.5 Å². The van der Waals surface area contributed by atoms with Gasteiger partial charge in [-0.3, -0.25) is 14.9 Å². The molecule has 0 radical (unpaired) electrons. The summed E-state index contributed by atoms with van der Waals surface area (Å²) in [7, 11) is 0. The number of ether oxygens (including phenoxy) is 1. The van der Waals surface area contributed by atoms with Crippen molar-refractivity contribution < 1.29 is 14.5 Å². The fourth-order valence-corrected chi connectivity index (χ4v) is 1.78. The lowest BCUT2D eigenvalue weighted by molar-refractivity contribution is -0.385. The SMILES string of the molecule is CCOC(=O)C(Cl)Cc1ccc(Cl)cc1[N+](=O)[O-]. The van der Waals surface area contributed by atoms with Crippen LogP contribution in [0.4, 0.5) is 5.69 Å². The summed E-state index contributed by atoms with van der Waals surface area (Å²) in [5, 5.41) is 10.1. The zero-order valence-electron chi connectivity index (χ0n) is 9.56. The lowest BCUT2D eigenvalue weighted by Crippen LogP contribution is -2.20. The molecule has 1 aromatic rings. The summed E-state index contributed by atoms with van der Waals surface area (Å²) >= 11 is 11.5. The molecule has 0 heterocycles. The van der Waals surface area contributed by atoms with Gasteiger partial charge in [-0.1, -0.05) is 17.7 Å². The predicted octanol–water partition coefficient (Wildman–Crippen LogP) is 2.96. The van der Waals surface area contributed by atoms with Crippen LogP contribution in [0.2, 0.25) is 5.02 Å². The van der Waals surface area contributed by atoms with Crippen LogP contribution in [0.15, 0.2) is 18.2 Å². The molecular formula is C11H11Cl2NO4. The van der Waals surface area contributed by atoms with Crippen molar-refractivity contribution in [1.29, 1.82) is 0 Å². The molecule has 7 heteroatoms. The van der Waals surface area contributed by atoms with E-state index in [9.17, 15) is 14.9 Å². The first-order chi connectivity index (χ1) is 8.45. The van der Waals surface area contributed by atoms with E-state index in [-0.39, 0.29) is 23.7 Å². The minimum absolute atomic E-state index is 0.0217. The number of nitro benzene ring substituents is 1. The standard InChI is InChI=1S/C11H11Cl2NO4/c1-2-18-11(15)9(13)5-7-3-4-8(12)6-10(7)14(16)17/h3-4,6,9H,2,5H2,1H3. The second-order valence-corrected chi connectivity index (χ2v) is 4.42. The highest BCUT2D eigenvalue weighted by atomic mass is 35.5. The maximum atomic E-state index is 11.3. The van der Waals surface area contributed by atoms with Gasteiger partial charge in [0, 0.05) is 23.1 Å². The van der Waals surface area contributed by atoms with Gasteiger partial charge in [0.25, 0.3) is 5.69 Å². The smallest absolute Gasteiger partial charge is 0.324 e. The lowest BCUT2D eigenvalue weighted by atomic mass is 10.1. The first-order valence-corrected chi connectivity index (χ1v) is 6.00. The first-order valence-electron chi connectivity index (χ1n) is 5.19. The van der Waals surface area contributed by atoms with E-state index in [0.717, 1.165) is 0 Å². The molecule has 0 aliphatic heterocycles. The van der Waals surface area contributed by atoms with Crippen molar-refractivity contribution in [2.45, 2.75) is 18.7 Å². The molecule has 1 aromatic carbocycles. The Morgan fingerprint density at radius 2 is 2.22 bits per heavy atom. The Bertz CT molecular complexity index is 464. The predicted molar refractivity (Wildman–Crippen MR) is 68.1 cm³/mol. The van der Waals surface area contributed by atoms with Crippen molar-refractivity contribution >= 4 is 34.9 Å². The molecule has 18 heavy (non-hydrogen) atoms. The summed E-state index contributed by atoms with van der Waals surface area (Å²) in [6.07, 6.45) is 0.0217. The minimum atomic E-state index is -0.954. The number of esters is 1. The third-order valence-corrected chi connectivity index (χ3v) is 2.75. The van der Waals surface area contributed by atoms with Crippen LogP contribution in [0.5, 0.6) is 0 Å². The number of carbonyl (C=O) groups excluding carboxylic acids is 1. The van der Waals surface area contributed by atoms with E-state index >= 15 is 0 Å². The summed E-state index contributed by atoms with van der Waals surface area (Å²) < 4.78 is 4.73. The molecule has 0 aliphatic rings.